The van der Waals surface area contributed by atoms with Crippen LogP contribution in [0.15, 0.2) is 30.0 Å². The number of piperazine rings is 1. The first-order valence-corrected chi connectivity index (χ1v) is 14.6. The average Bonchev–Trinajstić information content (AvgIpc) is 2.99. The number of rotatable bonds is 10. The Hall–Kier alpha value is -5.46. The zero-order valence-electron chi connectivity index (χ0n) is 24.5. The van der Waals surface area contributed by atoms with Gasteiger partial charge in [-0.3, -0.25) is 43.4 Å². The number of hydrogen-bond donors (Lipinski definition) is 4. The van der Waals surface area contributed by atoms with Gasteiger partial charge in [-0.2, -0.15) is 0 Å². The normalized spacial score (nSPS) is 21.2. The van der Waals surface area contributed by atoms with Crippen LogP contribution in [0.3, 0.4) is 0 Å². The van der Waals surface area contributed by atoms with Crippen molar-refractivity contribution < 1.29 is 57.7 Å². The Labute approximate surface area is 264 Å². The van der Waals surface area contributed by atoms with Gasteiger partial charge in [0.25, 0.3) is 5.91 Å². The SMILES string of the molecule is CCN1CCN(C(=O)NC(C(=O)NC2C=C(C(=O)O)N3C(=O)[C@H](NC=O)[C@@H]3S2)c2ccc(OC(C)=O)c(OC(C)=O)c2)C(=O)C1=O. The fourth-order valence-corrected chi connectivity index (χ4v) is 6.21. The fourth-order valence-electron chi connectivity index (χ4n) is 4.82. The largest absolute Gasteiger partial charge is 0.477 e. The minimum atomic E-state index is -1.66. The Balaban J connectivity index is 1.68. The number of β-lactam (4-membered cyclic amide) rings is 1. The predicted octanol–water partition coefficient (Wildman–Crippen LogP) is -1.58. The lowest BCUT2D eigenvalue weighted by atomic mass is 10.0. The molecule has 3 aliphatic heterocycles. The van der Waals surface area contributed by atoms with Crippen LogP contribution in [0, 0.1) is 0 Å². The van der Waals surface area contributed by atoms with Gasteiger partial charge in [-0.25, -0.2) is 9.59 Å². The number of esters is 2. The van der Waals surface area contributed by atoms with Crippen LogP contribution in [0.25, 0.3) is 0 Å². The van der Waals surface area contributed by atoms with Gasteiger partial charge in [-0.15, -0.1) is 11.8 Å². The van der Waals surface area contributed by atoms with Crippen molar-refractivity contribution in [1.82, 2.24) is 30.7 Å². The van der Waals surface area contributed by atoms with Crippen molar-refractivity contribution in [2.45, 2.75) is 43.6 Å². The molecule has 0 saturated carbocycles. The topological polar surface area (TPSA) is 238 Å². The summed E-state index contributed by atoms with van der Waals surface area (Å²) >= 11 is 0.924. The van der Waals surface area contributed by atoms with Crippen LogP contribution in [0.4, 0.5) is 4.79 Å². The number of carboxylic acid groups (broad SMARTS) is 1. The molecule has 4 rings (SSSR count). The van der Waals surface area contributed by atoms with E-state index in [1.807, 2.05) is 0 Å². The van der Waals surface area contributed by atoms with Gasteiger partial charge >= 0.3 is 35.8 Å². The third-order valence-corrected chi connectivity index (χ3v) is 8.23. The quantitative estimate of drug-likeness (QED) is 0.0730. The molecule has 0 aliphatic carbocycles. The van der Waals surface area contributed by atoms with E-state index in [0.29, 0.717) is 4.90 Å². The van der Waals surface area contributed by atoms with Gasteiger partial charge in [0.05, 0.1) is 5.37 Å². The summed E-state index contributed by atoms with van der Waals surface area (Å²) in [6.07, 6.45) is 1.38. The molecular weight excluding hydrogens is 632 g/mol. The predicted molar refractivity (Wildman–Crippen MR) is 153 cm³/mol. The fraction of sp³-hybridized carbons (Fsp3) is 0.370. The van der Waals surface area contributed by atoms with Crippen LogP contribution in [0.2, 0.25) is 0 Å². The van der Waals surface area contributed by atoms with Gasteiger partial charge in [0, 0.05) is 33.5 Å². The molecule has 46 heavy (non-hydrogen) atoms. The summed E-state index contributed by atoms with van der Waals surface area (Å²) < 4.78 is 10.2. The maximum Gasteiger partial charge on any atom is 0.352 e. The molecule has 3 heterocycles. The van der Waals surface area contributed by atoms with Crippen LogP contribution >= 0.6 is 11.8 Å². The van der Waals surface area contributed by atoms with Gasteiger partial charge in [-0.05, 0) is 30.7 Å². The molecule has 0 bridgehead atoms. The number of nitrogens with one attached hydrogen (secondary N) is 3. The molecule has 7 amide bonds. The van der Waals surface area contributed by atoms with Crippen LogP contribution < -0.4 is 25.4 Å². The van der Waals surface area contributed by atoms with Crippen LogP contribution in [-0.4, -0.2) is 110 Å². The molecule has 244 valence electrons. The van der Waals surface area contributed by atoms with Crippen molar-refractivity contribution in [1.29, 1.82) is 0 Å². The highest BCUT2D eigenvalue weighted by Gasteiger charge is 2.54. The molecule has 0 radical (unpaired) electrons. The number of thioether (sulfide) groups is 1. The number of nitrogens with zero attached hydrogens (tertiary/aromatic N) is 3. The summed E-state index contributed by atoms with van der Waals surface area (Å²) in [5, 5.41) is 15.0. The zero-order chi connectivity index (χ0) is 33.9. The highest BCUT2D eigenvalue weighted by molar-refractivity contribution is 8.00. The lowest BCUT2D eigenvalue weighted by molar-refractivity contribution is -0.153. The second-order valence-corrected chi connectivity index (χ2v) is 11.2. The molecule has 19 heteroatoms. The Kier molecular flexibility index (Phi) is 9.94. The third kappa shape index (κ3) is 6.77. The molecule has 2 fully saturated rings. The molecule has 1 aromatic carbocycles. The highest BCUT2D eigenvalue weighted by atomic mass is 32.2. The molecule has 0 aromatic heterocycles. The van der Waals surface area contributed by atoms with Crippen molar-refractivity contribution in [3.05, 3.63) is 35.5 Å². The van der Waals surface area contributed by atoms with E-state index in [4.69, 9.17) is 9.47 Å². The first kappa shape index (κ1) is 33.4. The molecule has 2 unspecified atom stereocenters. The first-order chi connectivity index (χ1) is 21.8. The molecule has 1 aromatic rings. The molecule has 3 aliphatic rings. The van der Waals surface area contributed by atoms with Crippen LogP contribution in [0.5, 0.6) is 11.5 Å². The van der Waals surface area contributed by atoms with Crippen LogP contribution in [0.1, 0.15) is 32.4 Å². The minimum absolute atomic E-state index is 0.0341. The minimum Gasteiger partial charge on any atom is -0.477 e. The Bertz CT molecular complexity index is 1560. The van der Waals surface area contributed by atoms with E-state index in [9.17, 15) is 48.3 Å². The highest BCUT2D eigenvalue weighted by Crippen LogP contribution is 2.40. The van der Waals surface area contributed by atoms with E-state index in [2.05, 4.69) is 16.0 Å². The van der Waals surface area contributed by atoms with Gasteiger partial charge < -0.3 is 35.4 Å². The number of carbonyl (C=O) groups excluding carboxylic acids is 8. The number of ether oxygens (including phenoxy) is 2. The van der Waals surface area contributed by atoms with E-state index in [1.165, 1.54) is 17.0 Å². The Morgan fingerprint density at radius 2 is 1.72 bits per heavy atom. The third-order valence-electron chi connectivity index (χ3n) is 6.92. The van der Waals surface area contributed by atoms with Crippen molar-refractivity contribution in [2.24, 2.45) is 0 Å². The van der Waals surface area contributed by atoms with Gasteiger partial charge in [0.1, 0.15) is 23.2 Å². The monoisotopic (exact) mass is 660 g/mol. The van der Waals surface area contributed by atoms with Crippen molar-refractivity contribution in [2.75, 3.05) is 19.6 Å². The summed E-state index contributed by atoms with van der Waals surface area (Å²) in [5.41, 5.74) is -0.488. The summed E-state index contributed by atoms with van der Waals surface area (Å²) in [7, 11) is 0. The van der Waals surface area contributed by atoms with Gasteiger partial charge in [-0.1, -0.05) is 6.07 Å². The standard InChI is InChI=1S/C27H28N6O12S/c1-4-31-7-8-32(24(40)23(31)39)27(43)30-19(14-5-6-16(44-12(2)35)17(9-14)45-13(3)36)21(37)29-18-10-15(26(41)42)33-22(38)20(28-11-34)25(33)46-18/h5-6,9-11,18-20,25H,4,7-8H2,1-3H3,(H,28,34)(H,29,37)(H,30,43)(H,41,42)/t18?,19?,20-,25-/m0/s1. The van der Waals surface area contributed by atoms with E-state index in [-0.39, 0.29) is 43.1 Å². The summed E-state index contributed by atoms with van der Waals surface area (Å²) in [5.74, 6) is -7.18. The van der Waals surface area contributed by atoms with Crippen molar-refractivity contribution in [3.8, 4) is 11.5 Å². The number of benzene rings is 1. The number of imide groups is 1. The van der Waals surface area contributed by atoms with Crippen LogP contribution in [-0.2, 0) is 38.4 Å². The summed E-state index contributed by atoms with van der Waals surface area (Å²) in [4.78, 5) is 114. The van der Waals surface area contributed by atoms with Gasteiger partial charge in [0.2, 0.25) is 12.3 Å². The van der Waals surface area contributed by atoms with Crippen molar-refractivity contribution >= 4 is 65.7 Å². The molecular formula is C27H28N6O12S. The lowest BCUT2D eigenvalue weighted by Crippen LogP contribution is -2.70. The average molecular weight is 661 g/mol. The summed E-state index contributed by atoms with van der Waals surface area (Å²) in [6, 6.07) is -0.244. The van der Waals surface area contributed by atoms with E-state index in [1.54, 1.807) is 6.92 Å². The molecule has 4 atom stereocenters. The Morgan fingerprint density at radius 1 is 1.04 bits per heavy atom. The number of carbonyl (C=O) groups is 9. The van der Waals surface area contributed by atoms with E-state index in [0.717, 1.165) is 42.7 Å². The van der Waals surface area contributed by atoms with E-state index < -0.39 is 76.1 Å². The summed E-state index contributed by atoms with van der Waals surface area (Å²) in [6.45, 7) is 3.94. The molecule has 2 saturated heterocycles. The molecule has 18 nitrogen and oxygen atoms in total. The molecule has 0 spiro atoms. The number of amides is 7. The lowest BCUT2D eigenvalue weighted by Gasteiger charge is -2.49. The Morgan fingerprint density at radius 3 is 2.33 bits per heavy atom. The van der Waals surface area contributed by atoms with Gasteiger partial charge in [0.15, 0.2) is 11.5 Å². The maximum absolute atomic E-state index is 13.8. The zero-order valence-corrected chi connectivity index (χ0v) is 25.3. The first-order valence-electron chi connectivity index (χ1n) is 13.6. The van der Waals surface area contributed by atoms with Crippen molar-refractivity contribution in [3.63, 3.8) is 0 Å². The number of urea groups is 1. The number of carboxylic acids is 1. The number of aliphatic carboxylic acids is 1. The maximum atomic E-state index is 13.8. The number of fused-ring (bicyclic) bond motifs is 1. The number of hydrogen-bond acceptors (Lipinski definition) is 12. The number of likely N-dealkylation sites (N-methyl/N-ethyl adjacent to an activating group) is 1. The second-order valence-electron chi connectivity index (χ2n) is 9.90. The van der Waals surface area contributed by atoms with E-state index >= 15 is 0 Å². The molecule has 4 N–H and O–H groups in total. The smallest absolute Gasteiger partial charge is 0.352 e. The second kappa shape index (κ2) is 13.7.